The molecule has 0 fully saturated rings. The van der Waals surface area contributed by atoms with Crippen molar-refractivity contribution >= 4 is 0 Å². The third-order valence-corrected chi connectivity index (χ3v) is 1.99. The molecule has 4 heteroatoms. The van der Waals surface area contributed by atoms with E-state index in [4.69, 9.17) is 4.74 Å². The first kappa shape index (κ1) is 11.2. The number of ether oxygens (including phenoxy) is 1. The maximum Gasteiger partial charge on any atom is 0.120 e. The lowest BCUT2D eigenvalue weighted by atomic mass is 10.4. The summed E-state index contributed by atoms with van der Waals surface area (Å²) in [5.41, 5.74) is 2.08. The van der Waals surface area contributed by atoms with Crippen molar-refractivity contribution in [3.8, 4) is 0 Å². The van der Waals surface area contributed by atoms with Crippen LogP contribution in [0, 0.1) is 6.92 Å². The van der Waals surface area contributed by atoms with E-state index in [0.29, 0.717) is 12.6 Å². The van der Waals surface area contributed by atoms with Crippen molar-refractivity contribution in [2.24, 2.45) is 0 Å². The van der Waals surface area contributed by atoms with Crippen molar-refractivity contribution in [1.82, 2.24) is 15.3 Å². The molecule has 1 aromatic rings. The van der Waals surface area contributed by atoms with Crippen LogP contribution in [0.3, 0.4) is 0 Å². The molecule has 0 aliphatic heterocycles. The van der Waals surface area contributed by atoms with Gasteiger partial charge in [0.05, 0.1) is 18.8 Å². The highest BCUT2D eigenvalue weighted by Gasteiger charge is 2.05. The topological polar surface area (TPSA) is 49.9 Å². The smallest absolute Gasteiger partial charge is 0.120 e. The maximum atomic E-state index is 5.04. The summed E-state index contributed by atoms with van der Waals surface area (Å²) in [7, 11) is 1.68. The summed E-state index contributed by atoms with van der Waals surface area (Å²) in [6.45, 7) is 7.60. The van der Waals surface area contributed by atoms with Crippen LogP contribution < -0.4 is 5.32 Å². The van der Waals surface area contributed by atoms with Crippen molar-refractivity contribution in [3.63, 3.8) is 0 Å². The second-order valence-corrected chi connectivity index (χ2v) is 3.72. The molecule has 0 saturated carbocycles. The molecule has 1 rings (SSSR count). The summed E-state index contributed by atoms with van der Waals surface area (Å²) in [6, 6.07) is 0.478. The Hall–Kier alpha value is -0.870. The minimum atomic E-state index is 0.478. The normalized spacial score (nSPS) is 11.2. The van der Waals surface area contributed by atoms with Crippen LogP contribution in [0.15, 0.2) is 0 Å². The fraction of sp³-hybridized carbons (Fsp3) is 0.700. The van der Waals surface area contributed by atoms with Gasteiger partial charge in [-0.2, -0.15) is 0 Å². The largest absolute Gasteiger partial charge is 0.378 e. The Morgan fingerprint density at radius 1 is 1.50 bits per heavy atom. The van der Waals surface area contributed by atoms with Gasteiger partial charge in [0.1, 0.15) is 5.82 Å². The average molecular weight is 197 g/mol. The number of methoxy groups -OCH3 is 1. The zero-order chi connectivity index (χ0) is 10.6. The molecular weight excluding hydrogens is 178 g/mol. The molecule has 80 valence electrons. The van der Waals surface area contributed by atoms with Crippen LogP contribution >= 0.6 is 0 Å². The fourth-order valence-corrected chi connectivity index (χ4v) is 1.23. The monoisotopic (exact) mass is 197 g/mol. The Morgan fingerprint density at radius 2 is 2.21 bits per heavy atom. The van der Waals surface area contributed by atoms with E-state index in [9.17, 15) is 0 Å². The summed E-state index contributed by atoms with van der Waals surface area (Å²) in [5, 5.41) is 3.31. The number of aromatic nitrogens is 2. The zero-order valence-corrected chi connectivity index (χ0v) is 9.35. The quantitative estimate of drug-likeness (QED) is 0.749. The van der Waals surface area contributed by atoms with Gasteiger partial charge in [0, 0.05) is 18.8 Å². The van der Waals surface area contributed by atoms with Gasteiger partial charge in [-0.1, -0.05) is 13.8 Å². The number of aryl methyl sites for hydroxylation is 1. The van der Waals surface area contributed by atoms with E-state index in [1.54, 1.807) is 7.11 Å². The lowest BCUT2D eigenvalue weighted by molar-refractivity contribution is 0.181. The third kappa shape index (κ3) is 3.12. The van der Waals surface area contributed by atoms with Crippen molar-refractivity contribution in [2.45, 2.75) is 40.0 Å². The van der Waals surface area contributed by atoms with Crippen LogP contribution in [0.5, 0.6) is 0 Å². The summed E-state index contributed by atoms with van der Waals surface area (Å²) in [6.07, 6.45) is 0. The minimum absolute atomic E-state index is 0.478. The second kappa shape index (κ2) is 5.12. The minimum Gasteiger partial charge on any atom is -0.378 e. The van der Waals surface area contributed by atoms with Crippen LogP contribution in [-0.2, 0) is 17.9 Å². The predicted octanol–water partition coefficient (Wildman–Crippen LogP) is 1.36. The number of aromatic amines is 1. The summed E-state index contributed by atoms with van der Waals surface area (Å²) in [5.74, 6) is 0.975. The second-order valence-electron chi connectivity index (χ2n) is 3.72. The first-order chi connectivity index (χ1) is 6.63. The standard InChI is InChI=1S/C10H19N3O/c1-7(2)11-5-10-12-8(3)9(13-10)6-14-4/h7,11H,5-6H2,1-4H3,(H,12,13). The van der Waals surface area contributed by atoms with E-state index >= 15 is 0 Å². The van der Waals surface area contributed by atoms with Gasteiger partial charge in [-0.05, 0) is 6.92 Å². The van der Waals surface area contributed by atoms with Crippen molar-refractivity contribution < 1.29 is 4.74 Å². The Labute approximate surface area is 85.1 Å². The van der Waals surface area contributed by atoms with Gasteiger partial charge in [-0.3, -0.25) is 0 Å². The van der Waals surface area contributed by atoms with Gasteiger partial charge in [-0.15, -0.1) is 0 Å². The van der Waals surface area contributed by atoms with E-state index in [1.807, 2.05) is 6.92 Å². The number of rotatable bonds is 5. The predicted molar refractivity (Wildman–Crippen MR) is 56.0 cm³/mol. The maximum absolute atomic E-state index is 5.04. The Kier molecular flexibility index (Phi) is 4.10. The van der Waals surface area contributed by atoms with Gasteiger partial charge in [-0.25, -0.2) is 4.98 Å². The highest BCUT2D eigenvalue weighted by Crippen LogP contribution is 2.05. The average Bonchev–Trinajstić information content (AvgIpc) is 2.45. The first-order valence-electron chi connectivity index (χ1n) is 4.90. The molecule has 0 bridgehead atoms. The van der Waals surface area contributed by atoms with Crippen LogP contribution in [0.2, 0.25) is 0 Å². The van der Waals surface area contributed by atoms with E-state index in [0.717, 1.165) is 23.8 Å². The van der Waals surface area contributed by atoms with E-state index in [-0.39, 0.29) is 0 Å². The number of hydrogen-bond donors (Lipinski definition) is 2. The molecule has 0 aliphatic carbocycles. The van der Waals surface area contributed by atoms with Crippen LogP contribution in [-0.4, -0.2) is 23.1 Å². The number of hydrogen-bond acceptors (Lipinski definition) is 3. The fourth-order valence-electron chi connectivity index (χ4n) is 1.23. The molecule has 0 spiro atoms. The van der Waals surface area contributed by atoms with Crippen molar-refractivity contribution in [1.29, 1.82) is 0 Å². The molecule has 14 heavy (non-hydrogen) atoms. The van der Waals surface area contributed by atoms with Crippen LogP contribution in [0.25, 0.3) is 0 Å². The zero-order valence-electron chi connectivity index (χ0n) is 9.35. The first-order valence-corrected chi connectivity index (χ1v) is 4.90. The van der Waals surface area contributed by atoms with E-state index in [2.05, 4.69) is 29.1 Å². The highest BCUT2D eigenvalue weighted by atomic mass is 16.5. The van der Waals surface area contributed by atoms with Crippen molar-refractivity contribution in [3.05, 3.63) is 17.2 Å². The number of nitrogens with zero attached hydrogens (tertiary/aromatic N) is 1. The number of H-pyrrole nitrogens is 1. The molecule has 0 unspecified atom stereocenters. The molecule has 0 aromatic carbocycles. The Bertz CT molecular complexity index is 281. The van der Waals surface area contributed by atoms with Gasteiger partial charge >= 0.3 is 0 Å². The lowest BCUT2D eigenvalue weighted by Crippen LogP contribution is -2.22. The molecule has 2 N–H and O–H groups in total. The number of nitrogens with one attached hydrogen (secondary N) is 2. The number of imidazole rings is 1. The molecule has 1 aromatic heterocycles. The third-order valence-electron chi connectivity index (χ3n) is 1.99. The highest BCUT2D eigenvalue weighted by molar-refractivity contribution is 5.12. The molecule has 4 nitrogen and oxygen atoms in total. The van der Waals surface area contributed by atoms with Crippen LogP contribution in [0.4, 0.5) is 0 Å². The molecule has 0 atom stereocenters. The Morgan fingerprint density at radius 3 is 2.79 bits per heavy atom. The molecule has 1 heterocycles. The van der Waals surface area contributed by atoms with Crippen molar-refractivity contribution in [2.75, 3.05) is 7.11 Å². The van der Waals surface area contributed by atoms with Gasteiger partial charge in [0.2, 0.25) is 0 Å². The van der Waals surface area contributed by atoms with Gasteiger partial charge in [0.15, 0.2) is 0 Å². The molecule has 0 saturated heterocycles. The summed E-state index contributed by atoms with van der Waals surface area (Å²) in [4.78, 5) is 7.66. The lowest BCUT2D eigenvalue weighted by Gasteiger charge is -2.04. The summed E-state index contributed by atoms with van der Waals surface area (Å²) < 4.78 is 5.04. The summed E-state index contributed by atoms with van der Waals surface area (Å²) >= 11 is 0. The molecule has 0 aliphatic rings. The van der Waals surface area contributed by atoms with Gasteiger partial charge < -0.3 is 15.0 Å². The molecule has 0 radical (unpaired) electrons. The van der Waals surface area contributed by atoms with E-state index < -0.39 is 0 Å². The molecular formula is C10H19N3O. The van der Waals surface area contributed by atoms with Crippen LogP contribution in [0.1, 0.15) is 31.1 Å². The van der Waals surface area contributed by atoms with Gasteiger partial charge in [0.25, 0.3) is 0 Å². The SMILES string of the molecule is COCc1nc(CNC(C)C)[nH]c1C. The van der Waals surface area contributed by atoms with E-state index in [1.165, 1.54) is 0 Å². The molecule has 0 amide bonds. The Balaban J connectivity index is 2.56.